The Balaban J connectivity index is 0.000000810. The first-order valence-corrected chi connectivity index (χ1v) is 2.28. The number of aromatic carboxylic acids is 1. The largest absolute Gasteiger partial charge is 1.00 e. The van der Waals surface area contributed by atoms with Gasteiger partial charge in [-0.05, 0) is 6.07 Å². The van der Waals surface area contributed by atoms with E-state index >= 15 is 0 Å². The summed E-state index contributed by atoms with van der Waals surface area (Å²) in [5, 5.41) is 10.00. The first-order valence-electron chi connectivity index (χ1n) is 2.28. The fourth-order valence-corrected chi connectivity index (χ4v) is 0.411. The second kappa shape index (κ2) is 4.38. The summed E-state index contributed by atoms with van der Waals surface area (Å²) >= 11 is 0. The van der Waals surface area contributed by atoms with Gasteiger partial charge < -0.3 is 9.90 Å². The van der Waals surface area contributed by atoms with Gasteiger partial charge >= 0.3 is 29.6 Å². The summed E-state index contributed by atoms with van der Waals surface area (Å²) in [6, 6.07) is 1.27. The molecule has 0 fully saturated rings. The Morgan fingerprint density at radius 3 is 2.60 bits per heavy atom. The molecular formula is C5H3N2NaO2. The van der Waals surface area contributed by atoms with Crippen LogP contribution in [0, 0.1) is 0 Å². The fourth-order valence-electron chi connectivity index (χ4n) is 0.411. The Morgan fingerprint density at radius 1 is 1.60 bits per heavy atom. The molecule has 0 spiro atoms. The normalized spacial score (nSPS) is 8.00. The van der Waals surface area contributed by atoms with Crippen LogP contribution in [0.4, 0.5) is 0 Å². The van der Waals surface area contributed by atoms with E-state index in [0.29, 0.717) is 0 Å². The van der Waals surface area contributed by atoms with Crippen molar-refractivity contribution < 1.29 is 39.5 Å². The zero-order chi connectivity index (χ0) is 6.69. The Bertz CT molecular complexity index is 214. The van der Waals surface area contributed by atoms with Crippen molar-refractivity contribution >= 4 is 5.97 Å². The van der Waals surface area contributed by atoms with Crippen LogP contribution in [0.15, 0.2) is 18.6 Å². The molecule has 1 rings (SSSR count). The molecule has 0 unspecified atom stereocenters. The van der Waals surface area contributed by atoms with E-state index in [0.717, 1.165) is 6.33 Å². The topological polar surface area (TPSA) is 65.9 Å². The number of hydrogen-bond donors (Lipinski definition) is 0. The smallest absolute Gasteiger partial charge is 0.543 e. The molecule has 0 bridgehead atoms. The van der Waals surface area contributed by atoms with Gasteiger partial charge in [0, 0.05) is 6.20 Å². The summed E-state index contributed by atoms with van der Waals surface area (Å²) < 4.78 is 0. The minimum absolute atomic E-state index is 0. The number of carbonyl (C=O) groups is 1. The van der Waals surface area contributed by atoms with Gasteiger partial charge in [0.15, 0.2) is 0 Å². The first kappa shape index (κ1) is 9.55. The van der Waals surface area contributed by atoms with Crippen LogP contribution in [-0.2, 0) is 0 Å². The average Bonchev–Trinajstić information content (AvgIpc) is 1.90. The molecule has 0 aliphatic rings. The van der Waals surface area contributed by atoms with Gasteiger partial charge in [-0.1, -0.05) is 0 Å². The molecule has 1 aromatic heterocycles. The first-order chi connectivity index (χ1) is 4.30. The van der Waals surface area contributed by atoms with Gasteiger partial charge in [-0.2, -0.15) is 0 Å². The third-order valence-electron chi connectivity index (χ3n) is 0.791. The molecule has 0 aromatic carbocycles. The quantitative estimate of drug-likeness (QED) is 0.377. The van der Waals surface area contributed by atoms with Crippen LogP contribution in [-0.4, -0.2) is 15.9 Å². The summed E-state index contributed by atoms with van der Waals surface area (Å²) in [5.74, 6) is -1.28. The maximum Gasteiger partial charge on any atom is 1.00 e. The van der Waals surface area contributed by atoms with Crippen LogP contribution in [0.3, 0.4) is 0 Å². The van der Waals surface area contributed by atoms with Crippen LogP contribution in [0.25, 0.3) is 0 Å². The third-order valence-corrected chi connectivity index (χ3v) is 0.791. The Labute approximate surface area is 79.6 Å². The van der Waals surface area contributed by atoms with Crippen LogP contribution < -0.4 is 34.7 Å². The van der Waals surface area contributed by atoms with Gasteiger partial charge in [0.25, 0.3) is 0 Å². The fraction of sp³-hybridized carbons (Fsp3) is 0. The second-order valence-corrected chi connectivity index (χ2v) is 1.38. The summed E-state index contributed by atoms with van der Waals surface area (Å²) in [6.07, 6.45) is 2.50. The standard InChI is InChI=1S/C5H4N2O2.Na/c8-5(9)4-1-2-6-3-7-4;/h1-3H,(H,8,9);/q;+1/p-1. The molecule has 1 heterocycles. The number of carboxylic acid groups (broad SMARTS) is 1. The van der Waals surface area contributed by atoms with Gasteiger partial charge in [-0.3, -0.25) is 0 Å². The number of rotatable bonds is 1. The predicted octanol–water partition coefficient (Wildman–Crippen LogP) is -4.16. The number of aromatic nitrogens is 2. The van der Waals surface area contributed by atoms with Gasteiger partial charge in [0.2, 0.25) is 0 Å². The molecule has 10 heavy (non-hydrogen) atoms. The van der Waals surface area contributed by atoms with E-state index in [9.17, 15) is 9.90 Å². The van der Waals surface area contributed by atoms with E-state index in [1.54, 1.807) is 0 Å². The van der Waals surface area contributed by atoms with E-state index in [-0.39, 0.29) is 35.3 Å². The van der Waals surface area contributed by atoms with Crippen LogP contribution in [0.1, 0.15) is 10.5 Å². The minimum atomic E-state index is -1.28. The molecule has 46 valence electrons. The number of nitrogens with zero attached hydrogens (tertiary/aromatic N) is 2. The molecule has 0 amide bonds. The molecule has 0 N–H and O–H groups in total. The SMILES string of the molecule is O=C([O-])c1ccncn1.[Na+]. The van der Waals surface area contributed by atoms with E-state index in [4.69, 9.17) is 0 Å². The van der Waals surface area contributed by atoms with Gasteiger partial charge in [-0.25, -0.2) is 9.97 Å². The zero-order valence-corrected chi connectivity index (χ0v) is 7.44. The van der Waals surface area contributed by atoms with E-state index in [1.165, 1.54) is 12.3 Å². The molecular weight excluding hydrogens is 143 g/mol. The van der Waals surface area contributed by atoms with Crippen molar-refractivity contribution in [1.29, 1.82) is 0 Å². The van der Waals surface area contributed by atoms with E-state index < -0.39 is 5.97 Å². The monoisotopic (exact) mass is 146 g/mol. The van der Waals surface area contributed by atoms with Gasteiger partial charge in [0.05, 0.1) is 11.7 Å². The predicted molar refractivity (Wildman–Crippen MR) is 26.4 cm³/mol. The Morgan fingerprint density at radius 2 is 2.30 bits per heavy atom. The van der Waals surface area contributed by atoms with Crippen LogP contribution in [0.2, 0.25) is 0 Å². The molecule has 0 atom stereocenters. The molecule has 4 nitrogen and oxygen atoms in total. The van der Waals surface area contributed by atoms with Crippen molar-refractivity contribution in [3.63, 3.8) is 0 Å². The maximum absolute atomic E-state index is 10.00. The summed E-state index contributed by atoms with van der Waals surface area (Å²) in [6.45, 7) is 0. The molecule has 0 aliphatic heterocycles. The van der Waals surface area contributed by atoms with Gasteiger partial charge in [0.1, 0.15) is 6.33 Å². The summed E-state index contributed by atoms with van der Waals surface area (Å²) in [4.78, 5) is 16.9. The molecule has 5 heteroatoms. The molecule has 0 saturated heterocycles. The minimum Gasteiger partial charge on any atom is -0.543 e. The summed E-state index contributed by atoms with van der Waals surface area (Å²) in [7, 11) is 0. The van der Waals surface area contributed by atoms with Crippen LogP contribution in [0.5, 0.6) is 0 Å². The van der Waals surface area contributed by atoms with E-state index in [2.05, 4.69) is 9.97 Å². The van der Waals surface area contributed by atoms with Crippen molar-refractivity contribution in [2.24, 2.45) is 0 Å². The zero-order valence-electron chi connectivity index (χ0n) is 5.44. The van der Waals surface area contributed by atoms with Crippen molar-refractivity contribution in [3.05, 3.63) is 24.3 Å². The number of carbonyl (C=O) groups excluding carboxylic acids is 1. The molecule has 0 radical (unpaired) electrons. The van der Waals surface area contributed by atoms with Crippen molar-refractivity contribution in [2.75, 3.05) is 0 Å². The van der Waals surface area contributed by atoms with E-state index in [1.807, 2.05) is 0 Å². The molecule has 1 aromatic rings. The Kier molecular flexibility index (Phi) is 4.18. The third kappa shape index (κ3) is 2.43. The Hall–Kier alpha value is -0.450. The van der Waals surface area contributed by atoms with Crippen molar-refractivity contribution in [2.45, 2.75) is 0 Å². The second-order valence-electron chi connectivity index (χ2n) is 1.38. The average molecular weight is 146 g/mol. The van der Waals surface area contributed by atoms with Gasteiger partial charge in [-0.15, -0.1) is 0 Å². The van der Waals surface area contributed by atoms with Crippen LogP contribution >= 0.6 is 0 Å². The number of carboxylic acids is 1. The molecule has 0 aliphatic carbocycles. The summed E-state index contributed by atoms with van der Waals surface area (Å²) in [5.41, 5.74) is -0.0926. The maximum atomic E-state index is 10.00. The number of hydrogen-bond acceptors (Lipinski definition) is 4. The van der Waals surface area contributed by atoms with Crippen molar-refractivity contribution in [3.8, 4) is 0 Å². The molecule has 0 saturated carbocycles. The van der Waals surface area contributed by atoms with Crippen molar-refractivity contribution in [1.82, 2.24) is 9.97 Å².